The molecule has 6 nitrogen and oxygen atoms in total. The molecule has 0 atom stereocenters. The molecule has 1 aliphatic heterocycles. The number of carbonyl (C=O) groups is 1. The number of rotatable bonds is 2. The van der Waals surface area contributed by atoms with Crippen LogP contribution in [0.4, 0.5) is 5.95 Å². The molecule has 0 bridgehead atoms. The largest absolute Gasteiger partial charge is 0.481 e. The molecule has 0 aliphatic carbocycles. The SMILES string of the molecule is CC(C)(C)c1cc(=O)[nH]c(N2CCC(C(=O)O)CC2)n1. The van der Waals surface area contributed by atoms with Crippen LogP contribution in [0.25, 0.3) is 0 Å². The minimum Gasteiger partial charge on any atom is -0.481 e. The fourth-order valence-corrected chi connectivity index (χ4v) is 2.32. The van der Waals surface area contributed by atoms with Gasteiger partial charge in [-0.15, -0.1) is 0 Å². The summed E-state index contributed by atoms with van der Waals surface area (Å²) in [6, 6.07) is 1.52. The summed E-state index contributed by atoms with van der Waals surface area (Å²) in [6.45, 7) is 7.24. The monoisotopic (exact) mass is 279 g/mol. The summed E-state index contributed by atoms with van der Waals surface area (Å²) >= 11 is 0. The molecule has 0 unspecified atom stereocenters. The van der Waals surface area contributed by atoms with Crippen LogP contribution >= 0.6 is 0 Å². The number of hydrogen-bond donors (Lipinski definition) is 2. The molecule has 20 heavy (non-hydrogen) atoms. The van der Waals surface area contributed by atoms with Crippen LogP contribution in [0, 0.1) is 5.92 Å². The zero-order chi connectivity index (χ0) is 14.9. The van der Waals surface area contributed by atoms with Gasteiger partial charge in [0, 0.05) is 24.6 Å². The molecule has 1 aromatic heterocycles. The molecule has 0 amide bonds. The molecule has 110 valence electrons. The van der Waals surface area contributed by atoms with Crippen LogP contribution in [0.5, 0.6) is 0 Å². The summed E-state index contributed by atoms with van der Waals surface area (Å²) in [5, 5.41) is 9.00. The minimum atomic E-state index is -0.741. The predicted octanol–water partition coefficient (Wildman–Crippen LogP) is 1.37. The summed E-state index contributed by atoms with van der Waals surface area (Å²) in [4.78, 5) is 31.9. The lowest BCUT2D eigenvalue weighted by atomic mass is 9.92. The third kappa shape index (κ3) is 3.18. The summed E-state index contributed by atoms with van der Waals surface area (Å²) in [5.74, 6) is -0.482. The highest BCUT2D eigenvalue weighted by Gasteiger charge is 2.26. The van der Waals surface area contributed by atoms with E-state index in [0.717, 1.165) is 5.69 Å². The zero-order valence-corrected chi connectivity index (χ0v) is 12.1. The van der Waals surface area contributed by atoms with Gasteiger partial charge in [-0.2, -0.15) is 0 Å². The Hall–Kier alpha value is -1.85. The number of carboxylic acid groups (broad SMARTS) is 1. The van der Waals surface area contributed by atoms with Crippen molar-refractivity contribution in [1.29, 1.82) is 0 Å². The fraction of sp³-hybridized carbons (Fsp3) is 0.643. The molecule has 1 aliphatic rings. The number of anilines is 1. The van der Waals surface area contributed by atoms with Crippen molar-refractivity contribution >= 4 is 11.9 Å². The maximum absolute atomic E-state index is 11.8. The average molecular weight is 279 g/mol. The van der Waals surface area contributed by atoms with E-state index >= 15 is 0 Å². The molecule has 1 saturated heterocycles. The lowest BCUT2D eigenvalue weighted by molar-refractivity contribution is -0.142. The first kappa shape index (κ1) is 14.6. The maximum atomic E-state index is 11.8. The third-order valence-corrected chi connectivity index (χ3v) is 3.64. The number of hydrogen-bond acceptors (Lipinski definition) is 4. The van der Waals surface area contributed by atoms with Crippen molar-refractivity contribution in [2.24, 2.45) is 5.92 Å². The Bertz CT molecular complexity index is 552. The number of aliphatic carboxylic acids is 1. The standard InChI is InChI=1S/C14H21N3O3/c1-14(2,3)10-8-11(18)16-13(15-10)17-6-4-9(5-7-17)12(19)20/h8-9H,4-7H2,1-3H3,(H,19,20)(H,15,16,18). The van der Waals surface area contributed by atoms with Gasteiger partial charge in [-0.05, 0) is 12.8 Å². The second-order valence-corrected chi connectivity index (χ2v) is 6.30. The number of nitrogens with one attached hydrogen (secondary N) is 1. The molecule has 2 heterocycles. The van der Waals surface area contributed by atoms with Gasteiger partial charge in [0.25, 0.3) is 5.56 Å². The summed E-state index contributed by atoms with van der Waals surface area (Å²) in [6.07, 6.45) is 1.16. The van der Waals surface area contributed by atoms with Gasteiger partial charge in [0.2, 0.25) is 5.95 Å². The van der Waals surface area contributed by atoms with Crippen LogP contribution in [0.3, 0.4) is 0 Å². The van der Waals surface area contributed by atoms with Crippen LogP contribution in [-0.2, 0) is 10.2 Å². The smallest absolute Gasteiger partial charge is 0.306 e. The first-order valence-electron chi connectivity index (χ1n) is 6.87. The highest BCUT2D eigenvalue weighted by atomic mass is 16.4. The Kier molecular flexibility index (Phi) is 3.83. The molecule has 2 N–H and O–H groups in total. The molecule has 0 radical (unpaired) electrons. The van der Waals surface area contributed by atoms with Crippen molar-refractivity contribution in [3.05, 3.63) is 22.1 Å². The normalized spacial score (nSPS) is 17.2. The molecule has 2 rings (SSSR count). The summed E-state index contributed by atoms with van der Waals surface area (Å²) in [7, 11) is 0. The first-order valence-corrected chi connectivity index (χ1v) is 6.87. The highest BCUT2D eigenvalue weighted by Crippen LogP contribution is 2.23. The number of nitrogens with zero attached hydrogens (tertiary/aromatic N) is 2. The van der Waals surface area contributed by atoms with E-state index in [1.54, 1.807) is 0 Å². The number of H-pyrrole nitrogens is 1. The van der Waals surface area contributed by atoms with E-state index in [4.69, 9.17) is 5.11 Å². The summed E-state index contributed by atoms with van der Waals surface area (Å²) < 4.78 is 0. The molecule has 0 aromatic carbocycles. The quantitative estimate of drug-likeness (QED) is 0.854. The van der Waals surface area contributed by atoms with Crippen molar-refractivity contribution in [3.8, 4) is 0 Å². The second kappa shape index (κ2) is 5.26. The lowest BCUT2D eigenvalue weighted by Gasteiger charge is -2.31. The van der Waals surface area contributed by atoms with E-state index in [-0.39, 0.29) is 16.9 Å². The lowest BCUT2D eigenvalue weighted by Crippen LogP contribution is -2.38. The van der Waals surface area contributed by atoms with Gasteiger partial charge in [-0.25, -0.2) is 4.98 Å². The number of aromatic nitrogens is 2. The molecule has 1 aromatic rings. The van der Waals surface area contributed by atoms with Crippen molar-refractivity contribution in [1.82, 2.24) is 9.97 Å². The van der Waals surface area contributed by atoms with Crippen molar-refractivity contribution in [3.63, 3.8) is 0 Å². The van der Waals surface area contributed by atoms with E-state index in [2.05, 4.69) is 9.97 Å². The van der Waals surface area contributed by atoms with E-state index in [0.29, 0.717) is 31.9 Å². The van der Waals surface area contributed by atoms with Crippen molar-refractivity contribution in [2.75, 3.05) is 18.0 Å². The Labute approximate surface area is 117 Å². The number of piperidine rings is 1. The van der Waals surface area contributed by atoms with Gasteiger partial charge in [-0.3, -0.25) is 14.6 Å². The zero-order valence-electron chi connectivity index (χ0n) is 12.1. The van der Waals surface area contributed by atoms with Gasteiger partial charge >= 0.3 is 5.97 Å². The Morgan fingerprint density at radius 2 is 2.00 bits per heavy atom. The highest BCUT2D eigenvalue weighted by molar-refractivity contribution is 5.70. The minimum absolute atomic E-state index is 0.166. The molecule has 0 spiro atoms. The molecule has 6 heteroatoms. The van der Waals surface area contributed by atoms with Gasteiger partial charge in [-0.1, -0.05) is 20.8 Å². The average Bonchev–Trinajstić information content (AvgIpc) is 2.37. The van der Waals surface area contributed by atoms with E-state index in [1.165, 1.54) is 6.07 Å². The van der Waals surface area contributed by atoms with Crippen molar-refractivity contribution in [2.45, 2.75) is 39.0 Å². The maximum Gasteiger partial charge on any atom is 0.306 e. The molecular weight excluding hydrogens is 258 g/mol. The van der Waals surface area contributed by atoms with Crippen LogP contribution in [0.15, 0.2) is 10.9 Å². The molecule has 0 saturated carbocycles. The third-order valence-electron chi connectivity index (χ3n) is 3.64. The fourth-order valence-electron chi connectivity index (χ4n) is 2.32. The van der Waals surface area contributed by atoms with Crippen LogP contribution in [0.1, 0.15) is 39.3 Å². The van der Waals surface area contributed by atoms with E-state index in [9.17, 15) is 9.59 Å². The Morgan fingerprint density at radius 3 is 2.50 bits per heavy atom. The van der Waals surface area contributed by atoms with Gasteiger partial charge in [0.05, 0.1) is 11.6 Å². The van der Waals surface area contributed by atoms with E-state index in [1.807, 2.05) is 25.7 Å². The van der Waals surface area contributed by atoms with Crippen LogP contribution < -0.4 is 10.5 Å². The number of carboxylic acids is 1. The predicted molar refractivity (Wildman–Crippen MR) is 76.1 cm³/mol. The van der Waals surface area contributed by atoms with Gasteiger partial charge in [0.1, 0.15) is 0 Å². The van der Waals surface area contributed by atoms with Crippen molar-refractivity contribution < 1.29 is 9.90 Å². The molecular formula is C14H21N3O3. The van der Waals surface area contributed by atoms with Crippen LogP contribution in [0.2, 0.25) is 0 Å². The first-order chi connectivity index (χ1) is 9.27. The Balaban J connectivity index is 2.20. The topological polar surface area (TPSA) is 86.3 Å². The summed E-state index contributed by atoms with van der Waals surface area (Å²) in [5.41, 5.74) is 0.388. The van der Waals surface area contributed by atoms with Crippen LogP contribution in [-0.4, -0.2) is 34.1 Å². The van der Waals surface area contributed by atoms with Gasteiger partial charge in [0.15, 0.2) is 0 Å². The number of aromatic amines is 1. The van der Waals surface area contributed by atoms with E-state index < -0.39 is 5.97 Å². The van der Waals surface area contributed by atoms with Gasteiger partial charge < -0.3 is 10.0 Å². The molecule has 1 fully saturated rings. The Morgan fingerprint density at radius 1 is 1.40 bits per heavy atom. The second-order valence-electron chi connectivity index (χ2n) is 6.30.